The Balaban J connectivity index is 2.09. The molecule has 0 bridgehead atoms. The first-order chi connectivity index (χ1) is 9.08. The fraction of sp³-hybridized carbons (Fsp3) is 0.0769. The van der Waals surface area contributed by atoms with Gasteiger partial charge < -0.3 is 11.1 Å². The summed E-state index contributed by atoms with van der Waals surface area (Å²) in [5, 5.41) is 2.46. The van der Waals surface area contributed by atoms with Crippen molar-refractivity contribution in [3.8, 4) is 0 Å². The minimum atomic E-state index is -0.583. The van der Waals surface area contributed by atoms with E-state index < -0.39 is 17.5 Å². The van der Waals surface area contributed by atoms with Crippen molar-refractivity contribution >= 4 is 11.6 Å². The van der Waals surface area contributed by atoms with Gasteiger partial charge in [0.05, 0.1) is 5.56 Å². The molecule has 0 unspecified atom stereocenters. The van der Waals surface area contributed by atoms with E-state index in [1.165, 1.54) is 18.5 Å². The Morgan fingerprint density at radius 2 is 2.11 bits per heavy atom. The number of halogens is 2. The monoisotopic (exact) mass is 263 g/mol. The number of nitrogen functional groups attached to an aromatic ring is 1. The zero-order chi connectivity index (χ0) is 13.8. The summed E-state index contributed by atoms with van der Waals surface area (Å²) in [7, 11) is 0. The number of anilines is 1. The molecule has 0 spiro atoms. The summed E-state index contributed by atoms with van der Waals surface area (Å²) in [6.07, 6.45) is 2.77. The second-order valence-electron chi connectivity index (χ2n) is 3.88. The Hall–Kier alpha value is -2.50. The van der Waals surface area contributed by atoms with Crippen molar-refractivity contribution in [1.82, 2.24) is 10.3 Å². The minimum absolute atomic E-state index is 0.0656. The highest BCUT2D eigenvalue weighted by Crippen LogP contribution is 2.11. The van der Waals surface area contributed by atoms with Crippen molar-refractivity contribution in [2.24, 2.45) is 0 Å². The maximum Gasteiger partial charge on any atom is 0.255 e. The Kier molecular flexibility index (Phi) is 3.70. The number of amides is 1. The summed E-state index contributed by atoms with van der Waals surface area (Å²) in [4.78, 5) is 15.6. The number of pyridine rings is 1. The fourth-order valence-electron chi connectivity index (χ4n) is 1.54. The number of hydrogen-bond acceptors (Lipinski definition) is 3. The van der Waals surface area contributed by atoms with Crippen LogP contribution in [0.2, 0.25) is 0 Å². The molecule has 1 aromatic heterocycles. The molecule has 0 radical (unpaired) electrons. The average Bonchev–Trinajstić information content (AvgIpc) is 2.40. The zero-order valence-corrected chi connectivity index (χ0v) is 9.86. The molecule has 3 N–H and O–H groups in total. The summed E-state index contributed by atoms with van der Waals surface area (Å²) >= 11 is 0. The van der Waals surface area contributed by atoms with E-state index in [9.17, 15) is 13.6 Å². The fourth-order valence-corrected chi connectivity index (χ4v) is 1.54. The molecule has 0 aliphatic heterocycles. The summed E-state index contributed by atoms with van der Waals surface area (Å²) < 4.78 is 26.3. The molecule has 1 amide bonds. The highest BCUT2D eigenvalue weighted by atomic mass is 19.1. The van der Waals surface area contributed by atoms with Crippen LogP contribution in [0.4, 0.5) is 14.5 Å². The van der Waals surface area contributed by atoms with Gasteiger partial charge in [0.25, 0.3) is 5.91 Å². The lowest BCUT2D eigenvalue weighted by molar-refractivity contribution is 0.0951. The molecule has 0 aliphatic rings. The van der Waals surface area contributed by atoms with Gasteiger partial charge >= 0.3 is 0 Å². The SMILES string of the molecule is Nc1ccncc1C(=O)NCc1cc(F)ccc1F. The van der Waals surface area contributed by atoms with Crippen LogP contribution in [0.25, 0.3) is 0 Å². The molecule has 2 aromatic rings. The van der Waals surface area contributed by atoms with Crippen LogP contribution < -0.4 is 11.1 Å². The van der Waals surface area contributed by atoms with E-state index in [0.29, 0.717) is 0 Å². The number of nitrogens with two attached hydrogens (primary N) is 1. The molecule has 1 heterocycles. The van der Waals surface area contributed by atoms with E-state index in [2.05, 4.69) is 10.3 Å². The molecule has 98 valence electrons. The first-order valence-electron chi connectivity index (χ1n) is 5.49. The molecule has 6 heteroatoms. The maximum atomic E-state index is 13.3. The van der Waals surface area contributed by atoms with Gasteiger partial charge in [-0.25, -0.2) is 8.78 Å². The minimum Gasteiger partial charge on any atom is -0.398 e. The summed E-state index contributed by atoms with van der Waals surface area (Å²) in [5.74, 6) is -1.64. The van der Waals surface area contributed by atoms with Gasteiger partial charge in [0.1, 0.15) is 11.6 Å². The lowest BCUT2D eigenvalue weighted by Crippen LogP contribution is -2.24. The molecule has 0 saturated carbocycles. The van der Waals surface area contributed by atoms with Gasteiger partial charge in [0.15, 0.2) is 0 Å². The number of carbonyl (C=O) groups is 1. The number of carbonyl (C=O) groups excluding carboxylic acids is 1. The molecule has 1 aromatic carbocycles. The smallest absolute Gasteiger partial charge is 0.255 e. The van der Waals surface area contributed by atoms with Crippen LogP contribution >= 0.6 is 0 Å². The summed E-state index contributed by atoms with van der Waals surface area (Å²) in [5.41, 5.74) is 6.14. The van der Waals surface area contributed by atoms with Crippen molar-refractivity contribution in [2.45, 2.75) is 6.54 Å². The van der Waals surface area contributed by atoms with E-state index in [4.69, 9.17) is 5.73 Å². The highest BCUT2D eigenvalue weighted by molar-refractivity contribution is 5.98. The van der Waals surface area contributed by atoms with Gasteiger partial charge in [-0.3, -0.25) is 9.78 Å². The maximum absolute atomic E-state index is 13.3. The topological polar surface area (TPSA) is 68.0 Å². The Morgan fingerprint density at radius 3 is 2.84 bits per heavy atom. The van der Waals surface area contributed by atoms with Crippen LogP contribution in [0.1, 0.15) is 15.9 Å². The van der Waals surface area contributed by atoms with Crippen molar-refractivity contribution in [3.05, 3.63) is 59.4 Å². The molecular formula is C13H11F2N3O. The van der Waals surface area contributed by atoms with Crippen LogP contribution in [0.5, 0.6) is 0 Å². The molecule has 0 aliphatic carbocycles. The van der Waals surface area contributed by atoms with Crippen LogP contribution in [0.3, 0.4) is 0 Å². The van der Waals surface area contributed by atoms with Crippen LogP contribution in [0.15, 0.2) is 36.7 Å². The molecule has 2 rings (SSSR count). The van der Waals surface area contributed by atoms with Gasteiger partial charge in [-0.1, -0.05) is 0 Å². The first kappa shape index (κ1) is 12.9. The van der Waals surface area contributed by atoms with E-state index >= 15 is 0 Å². The predicted octanol–water partition coefficient (Wildman–Crippen LogP) is 1.87. The number of benzene rings is 1. The second kappa shape index (κ2) is 5.43. The highest BCUT2D eigenvalue weighted by Gasteiger charge is 2.10. The third-order valence-corrected chi connectivity index (χ3v) is 2.55. The van der Waals surface area contributed by atoms with E-state index in [0.717, 1.165) is 18.2 Å². The molecule has 0 atom stereocenters. The Labute approximate surface area is 108 Å². The van der Waals surface area contributed by atoms with Gasteiger partial charge in [-0.05, 0) is 24.3 Å². The van der Waals surface area contributed by atoms with Gasteiger partial charge in [-0.2, -0.15) is 0 Å². The van der Waals surface area contributed by atoms with Gasteiger partial charge in [0.2, 0.25) is 0 Å². The summed E-state index contributed by atoms with van der Waals surface area (Å²) in [6.45, 7) is -0.128. The molecule has 0 saturated heterocycles. The van der Waals surface area contributed by atoms with Crippen LogP contribution in [-0.4, -0.2) is 10.9 Å². The quantitative estimate of drug-likeness (QED) is 0.888. The third kappa shape index (κ3) is 3.04. The number of nitrogens with zero attached hydrogens (tertiary/aromatic N) is 1. The van der Waals surface area contributed by atoms with Gasteiger partial charge in [-0.15, -0.1) is 0 Å². The Morgan fingerprint density at radius 1 is 1.32 bits per heavy atom. The third-order valence-electron chi connectivity index (χ3n) is 2.55. The number of hydrogen-bond donors (Lipinski definition) is 2. The van der Waals surface area contributed by atoms with Crippen molar-refractivity contribution < 1.29 is 13.6 Å². The molecule has 19 heavy (non-hydrogen) atoms. The number of nitrogens with one attached hydrogen (secondary N) is 1. The van der Waals surface area contributed by atoms with E-state index in [1.54, 1.807) is 0 Å². The molecule has 0 fully saturated rings. The van der Waals surface area contributed by atoms with E-state index in [1.807, 2.05) is 0 Å². The number of aromatic nitrogens is 1. The lowest BCUT2D eigenvalue weighted by Gasteiger charge is -2.07. The molecule has 4 nitrogen and oxygen atoms in total. The predicted molar refractivity (Wildman–Crippen MR) is 66.2 cm³/mol. The largest absolute Gasteiger partial charge is 0.398 e. The van der Waals surface area contributed by atoms with Crippen LogP contribution in [-0.2, 0) is 6.54 Å². The normalized spacial score (nSPS) is 10.2. The number of rotatable bonds is 3. The van der Waals surface area contributed by atoms with Crippen LogP contribution in [0, 0.1) is 11.6 Å². The molecular weight excluding hydrogens is 252 g/mol. The lowest BCUT2D eigenvalue weighted by atomic mass is 10.2. The first-order valence-corrected chi connectivity index (χ1v) is 5.49. The second-order valence-corrected chi connectivity index (χ2v) is 3.88. The van der Waals surface area contributed by atoms with Crippen molar-refractivity contribution in [3.63, 3.8) is 0 Å². The average molecular weight is 263 g/mol. The van der Waals surface area contributed by atoms with Crippen molar-refractivity contribution in [1.29, 1.82) is 0 Å². The van der Waals surface area contributed by atoms with E-state index in [-0.39, 0.29) is 23.4 Å². The Bertz CT molecular complexity index is 617. The van der Waals surface area contributed by atoms with Gasteiger partial charge in [0, 0.05) is 30.2 Å². The van der Waals surface area contributed by atoms with Crippen molar-refractivity contribution in [2.75, 3.05) is 5.73 Å². The standard InChI is InChI=1S/C13H11F2N3O/c14-9-1-2-11(15)8(5-9)6-18-13(19)10-7-17-4-3-12(10)16/h1-5,7H,6H2,(H2,16,17)(H,18,19). The summed E-state index contributed by atoms with van der Waals surface area (Å²) in [6, 6.07) is 4.54. The zero-order valence-electron chi connectivity index (χ0n) is 9.86.